The molecule has 2 rings (SSSR count). The molecule has 0 aliphatic carbocycles. The summed E-state index contributed by atoms with van der Waals surface area (Å²) in [6, 6.07) is 0. The second kappa shape index (κ2) is 5.10. The van der Waals surface area contributed by atoms with Crippen molar-refractivity contribution in [2.45, 2.75) is 19.3 Å². The van der Waals surface area contributed by atoms with Gasteiger partial charge < -0.3 is 10.4 Å². The smallest absolute Gasteiger partial charge is 0.374 e. The van der Waals surface area contributed by atoms with Gasteiger partial charge in [-0.2, -0.15) is 13.2 Å². The Labute approximate surface area is 110 Å². The molecule has 0 fully saturated rings. The highest BCUT2D eigenvalue weighted by Gasteiger charge is 2.34. The summed E-state index contributed by atoms with van der Waals surface area (Å²) in [7, 11) is 0. The van der Waals surface area contributed by atoms with E-state index in [0.717, 1.165) is 12.4 Å². The molecule has 19 heavy (non-hydrogen) atoms. The number of hydrogen-bond donors (Lipinski definition) is 2. The first-order valence-electron chi connectivity index (χ1n) is 5.16. The molecule has 2 aromatic rings. The molecule has 2 N–H and O–H groups in total. The number of nitrogens with zero attached hydrogens (tertiary/aromatic N) is 3. The zero-order valence-corrected chi connectivity index (χ0v) is 10.5. The van der Waals surface area contributed by atoms with Crippen LogP contribution in [0.3, 0.4) is 0 Å². The molecule has 0 bridgehead atoms. The molecule has 2 heterocycles. The summed E-state index contributed by atoms with van der Waals surface area (Å²) in [5, 5.41) is 13.9. The number of aromatic nitrogens is 3. The Kier molecular flexibility index (Phi) is 3.67. The molecule has 0 spiro atoms. The maximum Gasteiger partial charge on any atom is 0.451 e. The lowest BCUT2D eigenvalue weighted by Gasteiger charge is -2.05. The van der Waals surface area contributed by atoms with Gasteiger partial charge in [0.2, 0.25) is 5.82 Å². The van der Waals surface area contributed by atoms with Gasteiger partial charge in [0, 0.05) is 23.3 Å². The lowest BCUT2D eigenvalue weighted by atomic mass is 10.3. The Morgan fingerprint density at radius 1 is 1.32 bits per heavy atom. The number of aliphatic hydroxyl groups is 1. The minimum Gasteiger partial charge on any atom is -0.374 e. The molecule has 102 valence electrons. The third-order valence-corrected chi connectivity index (χ3v) is 2.90. The Morgan fingerprint density at radius 2 is 1.95 bits per heavy atom. The van der Waals surface area contributed by atoms with Gasteiger partial charge in [-0.15, -0.1) is 11.3 Å². The molecule has 5 nitrogen and oxygen atoms in total. The Hall–Kier alpha value is -1.74. The molecule has 2 aromatic heterocycles. The summed E-state index contributed by atoms with van der Waals surface area (Å²) < 4.78 is 36.9. The van der Waals surface area contributed by atoms with Crippen LogP contribution in [-0.2, 0) is 6.18 Å². The van der Waals surface area contributed by atoms with E-state index in [1.807, 2.05) is 0 Å². The highest BCUT2D eigenvalue weighted by molar-refractivity contribution is 7.13. The van der Waals surface area contributed by atoms with E-state index in [1.54, 1.807) is 5.38 Å². The van der Waals surface area contributed by atoms with Gasteiger partial charge in [0.15, 0.2) is 0 Å². The topological polar surface area (TPSA) is 70.9 Å². The van der Waals surface area contributed by atoms with Crippen molar-refractivity contribution in [3.05, 3.63) is 23.6 Å². The number of thiazole rings is 1. The Balaban J connectivity index is 2.20. The first-order valence-corrected chi connectivity index (χ1v) is 6.04. The van der Waals surface area contributed by atoms with Crippen molar-refractivity contribution >= 4 is 17.2 Å². The molecule has 0 aliphatic heterocycles. The average molecular weight is 290 g/mol. The molecule has 1 atom stereocenters. The minimum atomic E-state index is -4.56. The normalized spacial score (nSPS) is 13.3. The van der Waals surface area contributed by atoms with Crippen LogP contribution < -0.4 is 5.32 Å². The second-order valence-corrected chi connectivity index (χ2v) is 4.51. The summed E-state index contributed by atoms with van der Waals surface area (Å²) in [6.45, 7) is 1.53. The number of hydrogen-bond acceptors (Lipinski definition) is 6. The molecule has 0 saturated heterocycles. The monoisotopic (exact) mass is 290 g/mol. The highest BCUT2D eigenvalue weighted by atomic mass is 32.1. The fourth-order valence-electron chi connectivity index (χ4n) is 1.27. The average Bonchev–Trinajstić information content (AvgIpc) is 2.75. The van der Waals surface area contributed by atoms with E-state index in [2.05, 4.69) is 20.3 Å². The zero-order valence-electron chi connectivity index (χ0n) is 9.64. The van der Waals surface area contributed by atoms with Crippen LogP contribution in [-0.4, -0.2) is 26.3 Å². The summed E-state index contributed by atoms with van der Waals surface area (Å²) >= 11 is 1.21. The van der Waals surface area contributed by atoms with Crippen LogP contribution in [0.15, 0.2) is 17.8 Å². The molecule has 1 unspecified atom stereocenters. The summed E-state index contributed by atoms with van der Waals surface area (Å²) in [4.78, 5) is 10.6. The fraction of sp³-hybridized carbons (Fsp3) is 0.300. The van der Waals surface area contributed by atoms with Crippen LogP contribution in [0, 0.1) is 0 Å². The zero-order chi connectivity index (χ0) is 14.0. The maximum absolute atomic E-state index is 12.3. The van der Waals surface area contributed by atoms with E-state index in [1.165, 1.54) is 18.3 Å². The van der Waals surface area contributed by atoms with Crippen molar-refractivity contribution in [2.24, 2.45) is 0 Å². The van der Waals surface area contributed by atoms with Crippen molar-refractivity contribution in [3.8, 4) is 10.6 Å². The lowest BCUT2D eigenvalue weighted by Crippen LogP contribution is -2.13. The number of halogens is 3. The number of aliphatic hydroxyl groups excluding tert-OH is 1. The summed E-state index contributed by atoms with van der Waals surface area (Å²) in [5.41, 5.74) is 0.386. The quantitative estimate of drug-likeness (QED) is 0.849. The molecule has 0 aromatic carbocycles. The van der Waals surface area contributed by atoms with Gasteiger partial charge in [-0.1, -0.05) is 0 Å². The first kappa shape index (κ1) is 13.7. The standard InChI is InChI=1S/C10H9F3N4OS/c1-5(18)16-7-4-19-8(17-7)6-2-14-9(15-3-6)10(11,12)13/h2-5,16,18H,1H3. The molecule has 0 aliphatic rings. The SMILES string of the molecule is CC(O)Nc1csc(-c2cnc(C(F)(F)F)nc2)n1. The predicted octanol–water partition coefficient (Wildman–Crippen LogP) is 2.37. The minimum absolute atomic E-state index is 0.386. The summed E-state index contributed by atoms with van der Waals surface area (Å²) in [5.74, 6) is -0.745. The molecule has 0 saturated carbocycles. The van der Waals surface area contributed by atoms with Gasteiger partial charge in [-0.25, -0.2) is 15.0 Å². The van der Waals surface area contributed by atoms with Crippen LogP contribution in [0.2, 0.25) is 0 Å². The third kappa shape index (κ3) is 3.38. The van der Waals surface area contributed by atoms with Crippen molar-refractivity contribution in [1.29, 1.82) is 0 Å². The van der Waals surface area contributed by atoms with Crippen molar-refractivity contribution in [2.75, 3.05) is 5.32 Å². The molecule has 0 amide bonds. The van der Waals surface area contributed by atoms with Crippen LogP contribution in [0.4, 0.5) is 19.0 Å². The van der Waals surface area contributed by atoms with Gasteiger partial charge in [-0.3, -0.25) is 0 Å². The van der Waals surface area contributed by atoms with Gasteiger partial charge in [-0.05, 0) is 6.92 Å². The highest BCUT2D eigenvalue weighted by Crippen LogP contribution is 2.28. The Morgan fingerprint density at radius 3 is 2.47 bits per heavy atom. The van der Waals surface area contributed by atoms with Crippen molar-refractivity contribution in [3.63, 3.8) is 0 Å². The van der Waals surface area contributed by atoms with E-state index >= 15 is 0 Å². The fourth-order valence-corrected chi connectivity index (χ4v) is 2.01. The number of anilines is 1. The van der Waals surface area contributed by atoms with E-state index < -0.39 is 18.2 Å². The molecular weight excluding hydrogens is 281 g/mol. The lowest BCUT2D eigenvalue weighted by molar-refractivity contribution is -0.144. The number of nitrogens with one attached hydrogen (secondary N) is 1. The molecular formula is C10H9F3N4OS. The van der Waals surface area contributed by atoms with Crippen molar-refractivity contribution < 1.29 is 18.3 Å². The van der Waals surface area contributed by atoms with E-state index in [-0.39, 0.29) is 0 Å². The van der Waals surface area contributed by atoms with Gasteiger partial charge >= 0.3 is 6.18 Å². The van der Waals surface area contributed by atoms with E-state index in [4.69, 9.17) is 5.11 Å². The van der Waals surface area contributed by atoms with Gasteiger partial charge in [0.1, 0.15) is 17.1 Å². The molecule has 9 heteroatoms. The Bertz CT molecular complexity index is 553. The van der Waals surface area contributed by atoms with Crippen LogP contribution in [0.25, 0.3) is 10.6 Å². The maximum atomic E-state index is 12.3. The van der Waals surface area contributed by atoms with E-state index in [9.17, 15) is 13.2 Å². The third-order valence-electron chi connectivity index (χ3n) is 2.01. The largest absolute Gasteiger partial charge is 0.451 e. The van der Waals surface area contributed by atoms with E-state index in [0.29, 0.717) is 16.4 Å². The van der Waals surface area contributed by atoms with Crippen LogP contribution >= 0.6 is 11.3 Å². The van der Waals surface area contributed by atoms with Gasteiger partial charge in [0.25, 0.3) is 0 Å². The first-order chi connectivity index (χ1) is 8.86. The second-order valence-electron chi connectivity index (χ2n) is 3.65. The molecule has 0 radical (unpaired) electrons. The summed E-state index contributed by atoms with van der Waals surface area (Å²) in [6.07, 6.45) is -3.18. The van der Waals surface area contributed by atoms with Crippen LogP contribution in [0.1, 0.15) is 12.7 Å². The van der Waals surface area contributed by atoms with Gasteiger partial charge in [0.05, 0.1) is 0 Å². The number of alkyl halides is 3. The van der Waals surface area contributed by atoms with Crippen molar-refractivity contribution in [1.82, 2.24) is 15.0 Å². The number of rotatable bonds is 3. The predicted molar refractivity (Wildman–Crippen MR) is 63.4 cm³/mol. The van der Waals surface area contributed by atoms with Crippen LogP contribution in [0.5, 0.6) is 0 Å².